The molecule has 0 fully saturated rings. The van der Waals surface area contributed by atoms with Crippen molar-refractivity contribution in [1.82, 2.24) is 4.98 Å². The summed E-state index contributed by atoms with van der Waals surface area (Å²) in [7, 11) is 0. The summed E-state index contributed by atoms with van der Waals surface area (Å²) in [5.74, 6) is -1.14. The molecule has 1 aromatic carbocycles. The van der Waals surface area contributed by atoms with Crippen molar-refractivity contribution >= 4 is 38.4 Å². The van der Waals surface area contributed by atoms with E-state index in [9.17, 15) is 9.90 Å². The summed E-state index contributed by atoms with van der Waals surface area (Å²) in [6.45, 7) is 2.18. The van der Waals surface area contributed by atoms with E-state index in [0.717, 1.165) is 27.5 Å². The standard InChI is InChI=1S/C16H15NO2S/c1-2-3-4-10-5-6-13-11(7-10)8-12-9-14(16(18)19)20-15(12)17-13/h5-9H,2-4H2,1H3,(H,18,19)/p-1. The lowest BCUT2D eigenvalue weighted by atomic mass is 10.1. The maximum absolute atomic E-state index is 10.9. The van der Waals surface area contributed by atoms with Crippen LogP contribution in [0.5, 0.6) is 0 Å². The van der Waals surface area contributed by atoms with Gasteiger partial charge in [0.05, 0.1) is 16.4 Å². The Kier molecular flexibility index (Phi) is 3.40. The van der Waals surface area contributed by atoms with E-state index in [1.165, 1.54) is 29.7 Å². The lowest BCUT2D eigenvalue weighted by Gasteiger charge is -2.03. The predicted octanol–water partition coefficient (Wildman–Crippen LogP) is 3.16. The summed E-state index contributed by atoms with van der Waals surface area (Å²) in [6.07, 6.45) is 3.42. The maximum Gasteiger partial charge on any atom is 0.124 e. The minimum absolute atomic E-state index is 0.231. The van der Waals surface area contributed by atoms with Gasteiger partial charge in [-0.15, -0.1) is 11.3 Å². The van der Waals surface area contributed by atoms with Gasteiger partial charge in [0.1, 0.15) is 4.83 Å². The summed E-state index contributed by atoms with van der Waals surface area (Å²) >= 11 is 1.17. The fourth-order valence-electron chi connectivity index (χ4n) is 2.32. The number of thiophene rings is 1. The molecule has 0 spiro atoms. The molecule has 4 heteroatoms. The van der Waals surface area contributed by atoms with Gasteiger partial charge in [-0.1, -0.05) is 19.4 Å². The van der Waals surface area contributed by atoms with Crippen LogP contribution in [0.15, 0.2) is 30.3 Å². The predicted molar refractivity (Wildman–Crippen MR) is 80.1 cm³/mol. The Balaban J connectivity index is 2.10. The van der Waals surface area contributed by atoms with Gasteiger partial charge in [-0.2, -0.15) is 0 Å². The number of pyridine rings is 1. The van der Waals surface area contributed by atoms with Gasteiger partial charge in [-0.05, 0) is 42.7 Å². The molecule has 3 nitrogen and oxygen atoms in total. The fraction of sp³-hybridized carbons (Fsp3) is 0.250. The molecule has 20 heavy (non-hydrogen) atoms. The third-order valence-corrected chi connectivity index (χ3v) is 4.41. The molecule has 3 rings (SSSR count). The van der Waals surface area contributed by atoms with Crippen LogP contribution >= 0.6 is 11.3 Å². The summed E-state index contributed by atoms with van der Waals surface area (Å²) in [6, 6.07) is 9.91. The highest BCUT2D eigenvalue weighted by Gasteiger charge is 2.06. The highest BCUT2D eigenvalue weighted by atomic mass is 32.1. The highest BCUT2D eigenvalue weighted by Crippen LogP contribution is 2.27. The SMILES string of the molecule is CCCCc1ccc2nc3sc(C(=O)[O-])cc3cc2c1. The highest BCUT2D eigenvalue weighted by molar-refractivity contribution is 7.20. The Bertz CT molecular complexity index is 792. The van der Waals surface area contributed by atoms with Crippen molar-refractivity contribution in [2.75, 3.05) is 0 Å². The smallest absolute Gasteiger partial charge is 0.124 e. The Hall–Kier alpha value is -1.94. The van der Waals surface area contributed by atoms with E-state index >= 15 is 0 Å². The van der Waals surface area contributed by atoms with Crippen LogP contribution in [0.25, 0.3) is 21.1 Å². The molecule has 0 aliphatic rings. The van der Waals surface area contributed by atoms with E-state index in [1.54, 1.807) is 6.07 Å². The number of aryl methyl sites for hydroxylation is 1. The number of nitrogens with zero attached hydrogens (tertiary/aromatic N) is 1. The molecule has 0 atom stereocenters. The number of carboxylic acid groups (broad SMARTS) is 1. The maximum atomic E-state index is 10.9. The molecule has 0 amide bonds. The molecule has 3 aromatic rings. The zero-order valence-corrected chi connectivity index (χ0v) is 12.0. The van der Waals surface area contributed by atoms with Crippen LogP contribution < -0.4 is 5.11 Å². The molecule has 0 bridgehead atoms. The number of aromatic carboxylic acids is 1. The minimum Gasteiger partial charge on any atom is -0.544 e. The fourth-order valence-corrected chi connectivity index (χ4v) is 3.18. The summed E-state index contributed by atoms with van der Waals surface area (Å²) in [5.41, 5.74) is 2.21. The average molecular weight is 284 g/mol. The Morgan fingerprint density at radius 3 is 2.85 bits per heavy atom. The summed E-state index contributed by atoms with van der Waals surface area (Å²) < 4.78 is 0. The third-order valence-electron chi connectivity index (χ3n) is 3.39. The molecule has 0 N–H and O–H groups in total. The van der Waals surface area contributed by atoms with Gasteiger partial charge in [0.2, 0.25) is 0 Å². The van der Waals surface area contributed by atoms with Crippen molar-refractivity contribution in [3.63, 3.8) is 0 Å². The first-order valence-electron chi connectivity index (χ1n) is 6.72. The largest absolute Gasteiger partial charge is 0.544 e. The second-order valence-electron chi connectivity index (χ2n) is 4.91. The average Bonchev–Trinajstić information content (AvgIpc) is 2.85. The molecule has 0 radical (unpaired) electrons. The van der Waals surface area contributed by atoms with Crippen molar-refractivity contribution in [2.24, 2.45) is 0 Å². The number of rotatable bonds is 4. The van der Waals surface area contributed by atoms with Crippen LogP contribution in [0, 0.1) is 0 Å². The van der Waals surface area contributed by atoms with E-state index < -0.39 is 5.97 Å². The van der Waals surface area contributed by atoms with Gasteiger partial charge in [-0.25, -0.2) is 4.98 Å². The van der Waals surface area contributed by atoms with Crippen molar-refractivity contribution in [3.8, 4) is 0 Å². The van der Waals surface area contributed by atoms with Gasteiger partial charge >= 0.3 is 0 Å². The first-order chi connectivity index (χ1) is 9.67. The number of fused-ring (bicyclic) bond motifs is 2. The second kappa shape index (κ2) is 5.21. The number of carbonyl (C=O) groups excluding carboxylic acids is 1. The number of hydrogen-bond acceptors (Lipinski definition) is 4. The molecule has 2 aromatic heterocycles. The van der Waals surface area contributed by atoms with Crippen LogP contribution in [-0.4, -0.2) is 11.0 Å². The van der Waals surface area contributed by atoms with Crippen molar-refractivity contribution in [3.05, 3.63) is 40.8 Å². The molecular formula is C16H14NO2S-. The Morgan fingerprint density at radius 1 is 1.25 bits per heavy atom. The number of unbranched alkanes of at least 4 members (excludes halogenated alkanes) is 1. The molecule has 0 aliphatic carbocycles. The van der Waals surface area contributed by atoms with E-state index in [2.05, 4.69) is 24.0 Å². The number of benzene rings is 1. The molecule has 0 saturated carbocycles. The monoisotopic (exact) mass is 284 g/mol. The molecule has 102 valence electrons. The van der Waals surface area contributed by atoms with E-state index in [0.29, 0.717) is 0 Å². The Morgan fingerprint density at radius 2 is 2.10 bits per heavy atom. The summed E-state index contributed by atoms with van der Waals surface area (Å²) in [5, 5.41) is 12.8. The first-order valence-corrected chi connectivity index (χ1v) is 7.53. The molecule has 2 heterocycles. The van der Waals surface area contributed by atoms with Gasteiger partial charge in [0, 0.05) is 10.8 Å². The Labute approximate surface area is 120 Å². The second-order valence-corrected chi connectivity index (χ2v) is 5.94. The van der Waals surface area contributed by atoms with Crippen LogP contribution in [0.3, 0.4) is 0 Å². The van der Waals surface area contributed by atoms with E-state index in [-0.39, 0.29) is 4.88 Å². The zero-order chi connectivity index (χ0) is 14.1. The quantitative estimate of drug-likeness (QED) is 0.739. The topological polar surface area (TPSA) is 53.0 Å². The van der Waals surface area contributed by atoms with Crippen LogP contribution in [0.1, 0.15) is 35.0 Å². The molecular weight excluding hydrogens is 270 g/mol. The number of aromatic nitrogens is 1. The number of carbonyl (C=O) groups is 1. The lowest BCUT2D eigenvalue weighted by molar-refractivity contribution is -0.254. The van der Waals surface area contributed by atoms with E-state index in [4.69, 9.17) is 0 Å². The zero-order valence-electron chi connectivity index (χ0n) is 11.2. The normalized spacial score (nSPS) is 11.2. The van der Waals surface area contributed by atoms with Gasteiger partial charge in [-0.3, -0.25) is 0 Å². The summed E-state index contributed by atoms with van der Waals surface area (Å²) in [4.78, 5) is 16.4. The number of carboxylic acids is 1. The molecule has 0 unspecified atom stereocenters. The minimum atomic E-state index is -1.14. The molecule has 0 aliphatic heterocycles. The third kappa shape index (κ3) is 2.39. The number of hydrogen-bond donors (Lipinski definition) is 0. The van der Waals surface area contributed by atoms with Gasteiger partial charge in [0.15, 0.2) is 0 Å². The van der Waals surface area contributed by atoms with Gasteiger partial charge in [0.25, 0.3) is 0 Å². The van der Waals surface area contributed by atoms with Crippen molar-refractivity contribution in [1.29, 1.82) is 0 Å². The first kappa shape index (κ1) is 13.1. The molecule has 0 saturated heterocycles. The van der Waals surface area contributed by atoms with Gasteiger partial charge < -0.3 is 9.90 Å². The van der Waals surface area contributed by atoms with Crippen LogP contribution in [0.4, 0.5) is 0 Å². The van der Waals surface area contributed by atoms with Crippen molar-refractivity contribution in [2.45, 2.75) is 26.2 Å². The van der Waals surface area contributed by atoms with Crippen LogP contribution in [-0.2, 0) is 6.42 Å². The van der Waals surface area contributed by atoms with Crippen molar-refractivity contribution < 1.29 is 9.90 Å². The van der Waals surface area contributed by atoms with E-state index in [1.807, 2.05) is 12.1 Å². The lowest BCUT2D eigenvalue weighted by Crippen LogP contribution is -2.20. The van der Waals surface area contributed by atoms with Crippen LogP contribution in [0.2, 0.25) is 0 Å².